The molecule has 0 radical (unpaired) electrons. The Bertz CT molecular complexity index is 146. The Hall–Kier alpha value is -0.294. The third-order valence-electron chi connectivity index (χ3n) is 1.02. The Morgan fingerprint density at radius 2 is 2.33 bits per heavy atom. The van der Waals surface area contributed by atoms with Crippen LogP contribution in [0.25, 0.3) is 0 Å². The summed E-state index contributed by atoms with van der Waals surface area (Å²) in [6, 6.07) is -0.623. The summed E-state index contributed by atoms with van der Waals surface area (Å²) in [6.07, 6.45) is 0.134. The van der Waals surface area contributed by atoms with Crippen LogP contribution in [0.3, 0.4) is 0 Å². The zero-order valence-electron chi connectivity index (χ0n) is 6.76. The van der Waals surface area contributed by atoms with E-state index in [1.165, 1.54) is 0 Å². The molecule has 0 saturated carbocycles. The van der Waals surface area contributed by atoms with Crippen molar-refractivity contribution in [2.24, 2.45) is 0 Å². The summed E-state index contributed by atoms with van der Waals surface area (Å²) in [5.41, 5.74) is 0. The summed E-state index contributed by atoms with van der Waals surface area (Å²) in [7, 11) is 0. The first-order valence-electron chi connectivity index (χ1n) is 2.22. The molecule has 1 heterocycles. The van der Waals surface area contributed by atoms with Crippen LogP contribution in [-0.2, 0) is 9.59 Å². The van der Waals surface area contributed by atoms with Gasteiger partial charge in [-0.05, 0) is 0 Å². The molecule has 0 bridgehead atoms. The minimum absolute atomic E-state index is 0. The van der Waals surface area contributed by atoms with Gasteiger partial charge in [-0.3, -0.25) is 4.79 Å². The molecule has 1 aliphatic rings. The smallest absolute Gasteiger partial charge is 1.00 e. The van der Waals surface area contributed by atoms with Crippen molar-refractivity contribution in [3.63, 3.8) is 0 Å². The van der Waals surface area contributed by atoms with E-state index in [0.717, 1.165) is 0 Å². The first-order valence-corrected chi connectivity index (χ1v) is 2.22. The van der Waals surface area contributed by atoms with E-state index in [1.54, 1.807) is 0 Å². The van der Waals surface area contributed by atoms with Gasteiger partial charge in [0.05, 0.1) is 6.42 Å². The molecule has 0 aromatic heterocycles. The maximum Gasteiger partial charge on any atom is 2.00 e. The number of aliphatic carboxylic acids is 1. The van der Waals surface area contributed by atoms with E-state index in [1.807, 2.05) is 0 Å². The van der Waals surface area contributed by atoms with Gasteiger partial charge in [0, 0.05) is 0 Å². The second kappa shape index (κ2) is 3.02. The fourth-order valence-corrected chi connectivity index (χ4v) is 0.508. The molecule has 0 spiro atoms. The van der Waals surface area contributed by atoms with E-state index in [9.17, 15) is 9.59 Å². The molecule has 1 amide bonds. The van der Waals surface area contributed by atoms with Crippen molar-refractivity contribution in [1.82, 2.24) is 5.32 Å². The third-order valence-corrected chi connectivity index (χ3v) is 1.02. The summed E-state index contributed by atoms with van der Waals surface area (Å²) >= 11 is 0. The molecule has 5 heteroatoms. The molecule has 0 aromatic carbocycles. The number of carboxylic acids is 1. The number of rotatable bonds is 1. The molecular formula is C4H7MgNO3. The van der Waals surface area contributed by atoms with Crippen LogP contribution in [-0.4, -0.2) is 46.1 Å². The minimum atomic E-state index is -0.954. The number of β-lactam (4-membered cyclic amide) rings is 1. The van der Waals surface area contributed by atoms with Crippen molar-refractivity contribution in [2.45, 2.75) is 12.5 Å². The molecule has 1 rings (SSSR count). The summed E-state index contributed by atoms with van der Waals surface area (Å²) in [6.45, 7) is 0. The average Bonchev–Trinajstić information content (AvgIpc) is 1.57. The first-order chi connectivity index (χ1) is 3.70. The summed E-state index contributed by atoms with van der Waals surface area (Å²) in [4.78, 5) is 20.0. The van der Waals surface area contributed by atoms with Crippen molar-refractivity contribution in [2.75, 3.05) is 0 Å². The quantitative estimate of drug-likeness (QED) is 0.356. The molecular weight excluding hydrogens is 134 g/mol. The topological polar surface area (TPSA) is 66.4 Å². The predicted octanol–water partition coefficient (Wildman–Crippen LogP) is -1.20. The molecule has 1 saturated heterocycles. The van der Waals surface area contributed by atoms with E-state index in [2.05, 4.69) is 5.32 Å². The predicted molar refractivity (Wildman–Crippen MR) is 32.2 cm³/mol. The van der Waals surface area contributed by atoms with Gasteiger partial charge in [-0.2, -0.15) is 0 Å². The summed E-state index contributed by atoms with van der Waals surface area (Å²) in [5.74, 6) is -1.14. The number of nitrogens with one attached hydrogen (secondary N) is 1. The second-order valence-electron chi connectivity index (χ2n) is 1.66. The van der Waals surface area contributed by atoms with Crippen LogP contribution in [0.1, 0.15) is 9.27 Å². The number of carbonyl (C=O) groups excluding carboxylic acids is 1. The van der Waals surface area contributed by atoms with E-state index in [-0.39, 0.29) is 38.2 Å². The van der Waals surface area contributed by atoms with Gasteiger partial charge in [0.2, 0.25) is 5.91 Å². The molecule has 9 heavy (non-hydrogen) atoms. The van der Waals surface area contributed by atoms with Gasteiger partial charge in [0.25, 0.3) is 0 Å². The molecule has 0 unspecified atom stereocenters. The maximum atomic E-state index is 10.0. The number of carboxylic acid groups (broad SMARTS) is 1. The Kier molecular flexibility index (Phi) is 2.92. The molecule has 4 nitrogen and oxygen atoms in total. The van der Waals surface area contributed by atoms with E-state index in [4.69, 9.17) is 5.11 Å². The SMILES string of the molecule is O=C1C[C@@H](C(=O)O)N1.[H-].[H-].[Mg+2]. The summed E-state index contributed by atoms with van der Waals surface area (Å²) in [5, 5.41) is 10.3. The zero-order valence-corrected chi connectivity index (χ0v) is 6.17. The normalized spacial score (nSPS) is 23.1. The second-order valence-corrected chi connectivity index (χ2v) is 1.66. The van der Waals surface area contributed by atoms with Crippen molar-refractivity contribution in [3.8, 4) is 0 Å². The van der Waals surface area contributed by atoms with Gasteiger partial charge in [0.1, 0.15) is 6.04 Å². The largest absolute Gasteiger partial charge is 2.00 e. The van der Waals surface area contributed by atoms with Crippen LogP contribution < -0.4 is 5.32 Å². The van der Waals surface area contributed by atoms with Crippen LogP contribution in [0.2, 0.25) is 0 Å². The number of amides is 1. The number of carbonyl (C=O) groups is 2. The van der Waals surface area contributed by atoms with Gasteiger partial charge < -0.3 is 13.3 Å². The van der Waals surface area contributed by atoms with Crippen molar-refractivity contribution in [3.05, 3.63) is 0 Å². The Balaban J connectivity index is -0.000000213. The number of hydrogen-bond acceptors (Lipinski definition) is 2. The monoisotopic (exact) mass is 141 g/mol. The van der Waals surface area contributed by atoms with Crippen molar-refractivity contribution < 1.29 is 17.5 Å². The molecule has 1 aliphatic heterocycles. The van der Waals surface area contributed by atoms with Gasteiger partial charge in [0.15, 0.2) is 0 Å². The third kappa shape index (κ3) is 1.83. The molecule has 48 valence electrons. The minimum Gasteiger partial charge on any atom is -1.00 e. The maximum absolute atomic E-state index is 10.0. The van der Waals surface area contributed by atoms with Crippen LogP contribution >= 0.6 is 0 Å². The Morgan fingerprint density at radius 3 is 2.44 bits per heavy atom. The summed E-state index contributed by atoms with van der Waals surface area (Å²) < 4.78 is 0. The fraction of sp³-hybridized carbons (Fsp3) is 0.500. The molecule has 0 aromatic rings. The molecule has 2 N–H and O–H groups in total. The van der Waals surface area contributed by atoms with Crippen LogP contribution in [0, 0.1) is 0 Å². The van der Waals surface area contributed by atoms with E-state index in [0.29, 0.717) is 0 Å². The van der Waals surface area contributed by atoms with E-state index >= 15 is 0 Å². The van der Waals surface area contributed by atoms with Crippen LogP contribution in [0.5, 0.6) is 0 Å². The van der Waals surface area contributed by atoms with Gasteiger partial charge in [-0.15, -0.1) is 0 Å². The first kappa shape index (κ1) is 8.71. The molecule has 1 fully saturated rings. The zero-order chi connectivity index (χ0) is 6.15. The molecule has 0 aliphatic carbocycles. The van der Waals surface area contributed by atoms with Crippen LogP contribution in [0.4, 0.5) is 0 Å². The van der Waals surface area contributed by atoms with Gasteiger partial charge >= 0.3 is 29.0 Å². The Labute approximate surface area is 70.7 Å². The van der Waals surface area contributed by atoms with Gasteiger partial charge in [-0.1, -0.05) is 0 Å². The standard InChI is InChI=1S/C4H5NO3.Mg.2H/c6-3-1-2(5-3)4(7)8;;;/h2H,1H2,(H,5,6)(H,7,8);;;/q;+2;2*-1/t2-;;;/m0.../s1. The van der Waals surface area contributed by atoms with Gasteiger partial charge in [-0.25, -0.2) is 4.79 Å². The fourth-order valence-electron chi connectivity index (χ4n) is 0.508. The van der Waals surface area contributed by atoms with E-state index < -0.39 is 12.0 Å². The molecule has 1 atom stereocenters. The average molecular weight is 141 g/mol. The van der Waals surface area contributed by atoms with Crippen molar-refractivity contribution in [1.29, 1.82) is 0 Å². The Morgan fingerprint density at radius 1 is 1.89 bits per heavy atom. The van der Waals surface area contributed by atoms with Crippen LogP contribution in [0.15, 0.2) is 0 Å². The number of hydrogen-bond donors (Lipinski definition) is 2. The van der Waals surface area contributed by atoms with Crippen molar-refractivity contribution >= 4 is 34.9 Å².